The Morgan fingerprint density at radius 1 is 1.47 bits per heavy atom. The van der Waals surface area contributed by atoms with Gasteiger partial charge in [-0.1, -0.05) is 17.5 Å². The molecule has 4 heteroatoms. The number of carbonyl (C=O) groups excluding carboxylic acids is 1. The first-order valence-electron chi connectivity index (χ1n) is 4.06. The monoisotopic (exact) mass is 224 g/mol. The Bertz CT molecular complexity index is 432. The van der Waals surface area contributed by atoms with Crippen LogP contribution in [0.5, 0.6) is 5.75 Å². The normalized spacial score (nSPS) is 9.20. The SMILES string of the molecule is C#Cc1cc(C(=O)OC)cc(OC)c1Cl. The van der Waals surface area contributed by atoms with Gasteiger partial charge in [0.2, 0.25) is 0 Å². The van der Waals surface area contributed by atoms with Gasteiger partial charge in [-0.25, -0.2) is 4.79 Å². The third-order valence-corrected chi connectivity index (χ3v) is 2.23. The number of methoxy groups -OCH3 is 2. The van der Waals surface area contributed by atoms with Crippen molar-refractivity contribution in [2.24, 2.45) is 0 Å². The van der Waals surface area contributed by atoms with E-state index in [2.05, 4.69) is 10.7 Å². The standard InChI is InChI=1S/C11H9ClO3/c1-4-7-5-8(11(13)15-3)6-9(14-2)10(7)12/h1,5-6H,2-3H3. The summed E-state index contributed by atoms with van der Waals surface area (Å²) in [5, 5.41) is 0.313. The Kier molecular flexibility index (Phi) is 3.59. The molecule has 0 aliphatic rings. The Morgan fingerprint density at radius 3 is 2.60 bits per heavy atom. The molecule has 0 fully saturated rings. The number of rotatable bonds is 2. The van der Waals surface area contributed by atoms with Crippen LogP contribution in [0.25, 0.3) is 0 Å². The maximum absolute atomic E-state index is 11.3. The highest BCUT2D eigenvalue weighted by Gasteiger charge is 2.13. The van der Waals surface area contributed by atoms with Crippen molar-refractivity contribution in [1.82, 2.24) is 0 Å². The number of halogens is 1. The van der Waals surface area contributed by atoms with E-state index < -0.39 is 5.97 Å². The first kappa shape index (κ1) is 11.4. The quantitative estimate of drug-likeness (QED) is 0.570. The molecule has 0 atom stereocenters. The highest BCUT2D eigenvalue weighted by atomic mass is 35.5. The van der Waals surface area contributed by atoms with E-state index in [-0.39, 0.29) is 0 Å². The first-order chi connectivity index (χ1) is 7.13. The second-order valence-corrected chi connectivity index (χ2v) is 3.05. The van der Waals surface area contributed by atoms with Crippen molar-refractivity contribution in [3.05, 3.63) is 28.3 Å². The largest absolute Gasteiger partial charge is 0.495 e. The van der Waals surface area contributed by atoms with E-state index in [0.717, 1.165) is 0 Å². The summed E-state index contributed by atoms with van der Waals surface area (Å²) >= 11 is 5.91. The lowest BCUT2D eigenvalue weighted by Gasteiger charge is -2.07. The third kappa shape index (κ3) is 2.23. The first-order valence-corrected chi connectivity index (χ1v) is 4.44. The van der Waals surface area contributed by atoms with Gasteiger partial charge in [-0.3, -0.25) is 0 Å². The Labute approximate surface area is 92.9 Å². The summed E-state index contributed by atoms with van der Waals surface area (Å²) in [4.78, 5) is 11.3. The average molecular weight is 225 g/mol. The highest BCUT2D eigenvalue weighted by molar-refractivity contribution is 6.33. The van der Waals surface area contributed by atoms with Gasteiger partial charge in [0.1, 0.15) is 5.75 Å². The minimum Gasteiger partial charge on any atom is -0.495 e. The van der Waals surface area contributed by atoms with E-state index in [0.29, 0.717) is 21.9 Å². The zero-order valence-electron chi connectivity index (χ0n) is 8.33. The van der Waals surface area contributed by atoms with E-state index >= 15 is 0 Å². The van der Waals surface area contributed by atoms with Gasteiger partial charge in [-0.2, -0.15) is 0 Å². The van der Waals surface area contributed by atoms with Gasteiger partial charge in [0, 0.05) is 5.56 Å². The van der Waals surface area contributed by atoms with Crippen LogP contribution < -0.4 is 4.74 Å². The van der Waals surface area contributed by atoms with Crippen LogP contribution >= 0.6 is 11.6 Å². The molecule has 0 unspecified atom stereocenters. The molecule has 0 amide bonds. The second-order valence-electron chi connectivity index (χ2n) is 2.68. The van der Waals surface area contributed by atoms with Crippen molar-refractivity contribution in [3.63, 3.8) is 0 Å². The van der Waals surface area contributed by atoms with Crippen LogP contribution in [0.15, 0.2) is 12.1 Å². The van der Waals surface area contributed by atoms with Crippen LogP contribution in [0.3, 0.4) is 0 Å². The summed E-state index contributed by atoms with van der Waals surface area (Å²) in [7, 11) is 2.74. The summed E-state index contributed by atoms with van der Waals surface area (Å²) in [6.45, 7) is 0. The molecule has 0 saturated heterocycles. The van der Waals surface area contributed by atoms with Crippen molar-refractivity contribution in [3.8, 4) is 18.1 Å². The van der Waals surface area contributed by atoms with E-state index in [9.17, 15) is 4.79 Å². The Hall–Kier alpha value is -1.66. The second kappa shape index (κ2) is 4.72. The molecule has 1 aromatic carbocycles. The van der Waals surface area contributed by atoms with Crippen LogP contribution in [0.1, 0.15) is 15.9 Å². The maximum atomic E-state index is 11.3. The number of ether oxygens (including phenoxy) is 2. The van der Waals surface area contributed by atoms with Gasteiger partial charge in [-0.05, 0) is 12.1 Å². The maximum Gasteiger partial charge on any atom is 0.338 e. The van der Waals surface area contributed by atoms with Gasteiger partial charge >= 0.3 is 5.97 Å². The van der Waals surface area contributed by atoms with Gasteiger partial charge in [0.15, 0.2) is 0 Å². The van der Waals surface area contributed by atoms with E-state index in [1.807, 2.05) is 0 Å². The summed E-state index contributed by atoms with van der Waals surface area (Å²) in [6.07, 6.45) is 5.24. The van der Waals surface area contributed by atoms with Gasteiger partial charge in [0.05, 0.1) is 24.8 Å². The lowest BCUT2D eigenvalue weighted by atomic mass is 10.1. The number of hydrogen-bond acceptors (Lipinski definition) is 3. The molecule has 0 bridgehead atoms. The predicted octanol–water partition coefficient (Wildman–Crippen LogP) is 2.12. The lowest BCUT2D eigenvalue weighted by molar-refractivity contribution is 0.0600. The molecule has 1 rings (SSSR count). The molecule has 0 aliphatic carbocycles. The molecular weight excluding hydrogens is 216 g/mol. The molecular formula is C11H9ClO3. The topological polar surface area (TPSA) is 35.5 Å². The van der Waals surface area contributed by atoms with Crippen LogP contribution in [-0.4, -0.2) is 20.2 Å². The molecule has 78 valence electrons. The van der Waals surface area contributed by atoms with Crippen molar-refractivity contribution in [2.45, 2.75) is 0 Å². The number of terminal acetylenes is 1. The fourth-order valence-corrected chi connectivity index (χ4v) is 1.33. The molecule has 0 N–H and O–H groups in total. The summed E-state index contributed by atoms with van der Waals surface area (Å²) < 4.78 is 9.56. The summed E-state index contributed by atoms with van der Waals surface area (Å²) in [5.74, 6) is 2.24. The van der Waals surface area contributed by atoms with Gasteiger partial charge < -0.3 is 9.47 Å². The van der Waals surface area contributed by atoms with E-state index in [1.54, 1.807) is 0 Å². The van der Waals surface area contributed by atoms with Crippen LogP contribution in [0.2, 0.25) is 5.02 Å². The van der Waals surface area contributed by atoms with E-state index in [1.165, 1.54) is 26.4 Å². The third-order valence-electron chi connectivity index (χ3n) is 1.84. The molecule has 15 heavy (non-hydrogen) atoms. The number of benzene rings is 1. The van der Waals surface area contributed by atoms with Crippen LogP contribution in [-0.2, 0) is 4.74 Å². The smallest absolute Gasteiger partial charge is 0.338 e. The predicted molar refractivity (Wildman–Crippen MR) is 57.3 cm³/mol. The number of carbonyl (C=O) groups is 1. The molecule has 0 spiro atoms. The Balaban J connectivity index is 3.34. The highest BCUT2D eigenvalue weighted by Crippen LogP contribution is 2.29. The van der Waals surface area contributed by atoms with E-state index in [4.69, 9.17) is 22.8 Å². The zero-order valence-corrected chi connectivity index (χ0v) is 9.09. The van der Waals surface area contributed by atoms with Gasteiger partial charge in [-0.15, -0.1) is 6.42 Å². The minimum atomic E-state index is -0.485. The van der Waals surface area contributed by atoms with Crippen molar-refractivity contribution >= 4 is 17.6 Å². The van der Waals surface area contributed by atoms with Crippen molar-refractivity contribution < 1.29 is 14.3 Å². The van der Waals surface area contributed by atoms with Crippen molar-refractivity contribution in [1.29, 1.82) is 0 Å². The molecule has 0 saturated carbocycles. The number of hydrogen-bond donors (Lipinski definition) is 0. The van der Waals surface area contributed by atoms with Crippen LogP contribution in [0, 0.1) is 12.3 Å². The summed E-state index contributed by atoms with van der Waals surface area (Å²) in [5.41, 5.74) is 0.711. The molecule has 0 radical (unpaired) electrons. The number of esters is 1. The van der Waals surface area contributed by atoms with Crippen molar-refractivity contribution in [2.75, 3.05) is 14.2 Å². The molecule has 1 aromatic rings. The zero-order chi connectivity index (χ0) is 11.4. The average Bonchev–Trinajstić information content (AvgIpc) is 2.28. The molecule has 3 nitrogen and oxygen atoms in total. The fraction of sp³-hybridized carbons (Fsp3) is 0.182. The van der Waals surface area contributed by atoms with Crippen LogP contribution in [0.4, 0.5) is 0 Å². The molecule has 0 heterocycles. The minimum absolute atomic E-state index is 0.312. The fourth-order valence-electron chi connectivity index (χ4n) is 1.09. The summed E-state index contributed by atoms with van der Waals surface area (Å²) in [6, 6.07) is 2.96. The lowest BCUT2D eigenvalue weighted by Crippen LogP contribution is -2.02. The molecule has 0 aliphatic heterocycles. The molecule has 0 aromatic heterocycles. The Morgan fingerprint density at radius 2 is 2.13 bits per heavy atom. The van der Waals surface area contributed by atoms with Gasteiger partial charge in [0.25, 0.3) is 0 Å².